The number of nitrogens with one attached hydrogen (secondary N) is 1. The Morgan fingerprint density at radius 1 is 1.13 bits per heavy atom. The zero-order valence-electron chi connectivity index (χ0n) is 12.5. The Kier molecular flexibility index (Phi) is 4.76. The summed E-state index contributed by atoms with van der Waals surface area (Å²) >= 11 is 0. The molecule has 0 saturated carbocycles. The van der Waals surface area contributed by atoms with E-state index >= 15 is 0 Å². The number of sulfonamides is 1. The Bertz CT molecular complexity index is 866. The maximum atomic E-state index is 13.2. The van der Waals surface area contributed by atoms with Crippen LogP contribution in [0.1, 0.15) is 16.7 Å². The summed E-state index contributed by atoms with van der Waals surface area (Å²) in [6, 6.07) is 7.93. The Morgan fingerprint density at radius 2 is 1.83 bits per heavy atom. The number of nitrogens with zero attached hydrogens (tertiary/aromatic N) is 1. The van der Waals surface area contributed by atoms with Crippen LogP contribution in [-0.4, -0.2) is 13.3 Å². The molecule has 0 fully saturated rings. The highest BCUT2D eigenvalue weighted by Crippen LogP contribution is 2.22. The van der Waals surface area contributed by atoms with Gasteiger partial charge < -0.3 is 0 Å². The molecule has 0 atom stereocenters. The van der Waals surface area contributed by atoms with Gasteiger partial charge in [0.2, 0.25) is 10.0 Å². The quantitative estimate of drug-likeness (QED) is 0.670. The van der Waals surface area contributed by atoms with E-state index in [4.69, 9.17) is 0 Å². The predicted octanol–water partition coefficient (Wildman–Crippen LogP) is 2.83. The summed E-state index contributed by atoms with van der Waals surface area (Å²) in [5.41, 5.74) is 1.11. The molecule has 0 aliphatic rings. The molecule has 2 aromatic carbocycles. The van der Waals surface area contributed by atoms with Crippen molar-refractivity contribution in [1.82, 2.24) is 4.72 Å². The van der Waals surface area contributed by atoms with Gasteiger partial charge in [0.1, 0.15) is 5.82 Å². The Morgan fingerprint density at radius 3 is 2.43 bits per heavy atom. The molecule has 122 valence electrons. The lowest BCUT2D eigenvalue weighted by molar-refractivity contribution is -0.385. The van der Waals surface area contributed by atoms with Gasteiger partial charge in [-0.1, -0.05) is 18.2 Å². The van der Waals surface area contributed by atoms with Gasteiger partial charge in [0.25, 0.3) is 5.69 Å². The first-order valence-electron chi connectivity index (χ1n) is 6.70. The second kappa shape index (κ2) is 6.43. The molecule has 0 aliphatic heterocycles. The average molecular weight is 338 g/mol. The zero-order valence-corrected chi connectivity index (χ0v) is 13.4. The van der Waals surface area contributed by atoms with Gasteiger partial charge in [-0.2, -0.15) is 0 Å². The molecule has 2 aromatic rings. The highest BCUT2D eigenvalue weighted by molar-refractivity contribution is 7.89. The fourth-order valence-corrected chi connectivity index (χ4v) is 3.34. The molecule has 0 aromatic heterocycles. The average Bonchev–Trinajstić information content (AvgIpc) is 2.48. The number of rotatable bonds is 5. The molecule has 8 heteroatoms. The van der Waals surface area contributed by atoms with Crippen LogP contribution in [0.15, 0.2) is 41.3 Å². The van der Waals surface area contributed by atoms with E-state index in [1.165, 1.54) is 30.3 Å². The van der Waals surface area contributed by atoms with E-state index < -0.39 is 14.9 Å². The van der Waals surface area contributed by atoms with E-state index in [0.717, 1.165) is 6.07 Å². The first-order valence-corrected chi connectivity index (χ1v) is 8.19. The van der Waals surface area contributed by atoms with Gasteiger partial charge in [0, 0.05) is 18.7 Å². The van der Waals surface area contributed by atoms with Crippen molar-refractivity contribution in [1.29, 1.82) is 0 Å². The number of nitro groups is 1. The highest BCUT2D eigenvalue weighted by Gasteiger charge is 2.20. The molecule has 0 spiro atoms. The molecule has 0 unspecified atom stereocenters. The molecule has 1 N–H and O–H groups in total. The fraction of sp³-hybridized carbons (Fsp3) is 0.200. The number of halogens is 1. The van der Waals surface area contributed by atoms with Crippen LogP contribution in [-0.2, 0) is 16.6 Å². The van der Waals surface area contributed by atoms with Gasteiger partial charge in [-0.15, -0.1) is 0 Å². The minimum Gasteiger partial charge on any atom is -0.258 e. The molecule has 23 heavy (non-hydrogen) atoms. The van der Waals surface area contributed by atoms with Gasteiger partial charge in [0.15, 0.2) is 0 Å². The van der Waals surface area contributed by atoms with E-state index in [-0.39, 0.29) is 22.9 Å². The Balaban J connectivity index is 2.26. The summed E-state index contributed by atoms with van der Waals surface area (Å²) in [5, 5.41) is 10.8. The lowest BCUT2D eigenvalue weighted by Crippen LogP contribution is -2.24. The predicted molar refractivity (Wildman–Crippen MR) is 83.0 cm³/mol. The van der Waals surface area contributed by atoms with Crippen LogP contribution in [0.2, 0.25) is 0 Å². The second-order valence-corrected chi connectivity index (χ2v) is 6.85. The summed E-state index contributed by atoms with van der Waals surface area (Å²) in [6.45, 7) is 3.10. The van der Waals surface area contributed by atoms with E-state index in [2.05, 4.69) is 4.72 Å². The van der Waals surface area contributed by atoms with Crippen LogP contribution < -0.4 is 4.72 Å². The smallest absolute Gasteiger partial charge is 0.258 e. The van der Waals surface area contributed by atoms with Crippen LogP contribution in [0.3, 0.4) is 0 Å². The number of hydrogen-bond donors (Lipinski definition) is 1. The number of benzene rings is 2. The van der Waals surface area contributed by atoms with Gasteiger partial charge in [-0.05, 0) is 36.6 Å². The summed E-state index contributed by atoms with van der Waals surface area (Å²) in [6.07, 6.45) is 0. The lowest BCUT2D eigenvalue weighted by Gasteiger charge is -2.10. The van der Waals surface area contributed by atoms with Crippen LogP contribution in [0, 0.1) is 29.8 Å². The summed E-state index contributed by atoms with van der Waals surface area (Å²) in [7, 11) is -3.92. The van der Waals surface area contributed by atoms with Gasteiger partial charge in [0.05, 0.1) is 9.82 Å². The molecule has 0 saturated heterocycles. The van der Waals surface area contributed by atoms with Crippen molar-refractivity contribution in [3.63, 3.8) is 0 Å². The summed E-state index contributed by atoms with van der Waals surface area (Å²) in [5.74, 6) is -0.369. The monoisotopic (exact) mass is 338 g/mol. The molecule has 0 radical (unpaired) electrons. The molecule has 0 bridgehead atoms. The third-order valence-electron chi connectivity index (χ3n) is 3.36. The van der Waals surface area contributed by atoms with Crippen molar-refractivity contribution in [2.24, 2.45) is 0 Å². The first-order chi connectivity index (χ1) is 10.7. The molecule has 6 nitrogen and oxygen atoms in total. The van der Waals surface area contributed by atoms with Crippen molar-refractivity contribution in [3.8, 4) is 0 Å². The molecular weight excluding hydrogens is 323 g/mol. The summed E-state index contributed by atoms with van der Waals surface area (Å²) < 4.78 is 40.3. The Labute approximate surface area is 133 Å². The maximum Gasteiger partial charge on any atom is 0.270 e. The van der Waals surface area contributed by atoms with Crippen LogP contribution in [0.25, 0.3) is 0 Å². The second-order valence-electron chi connectivity index (χ2n) is 5.11. The van der Waals surface area contributed by atoms with Crippen molar-refractivity contribution >= 4 is 15.7 Å². The third kappa shape index (κ3) is 3.91. The van der Waals surface area contributed by atoms with E-state index in [0.29, 0.717) is 16.7 Å². The number of aryl methyl sites for hydroxylation is 2. The Hall–Kier alpha value is -2.32. The maximum absolute atomic E-state index is 13.2. The molecule has 0 aliphatic carbocycles. The van der Waals surface area contributed by atoms with Gasteiger partial charge in [-0.3, -0.25) is 10.1 Å². The van der Waals surface area contributed by atoms with Crippen LogP contribution in [0.5, 0.6) is 0 Å². The van der Waals surface area contributed by atoms with E-state index in [1.807, 2.05) is 0 Å². The lowest BCUT2D eigenvalue weighted by atomic mass is 10.1. The summed E-state index contributed by atoms with van der Waals surface area (Å²) in [4.78, 5) is 10.00. The van der Waals surface area contributed by atoms with Crippen molar-refractivity contribution < 1.29 is 17.7 Å². The van der Waals surface area contributed by atoms with E-state index in [9.17, 15) is 22.9 Å². The topological polar surface area (TPSA) is 89.3 Å². The standard InChI is InChI=1S/C15H15FN2O4S/c1-10-3-5-13(18(19)20)8-15(10)23(21,22)17-9-12-4-6-14(16)11(2)7-12/h3-8,17H,9H2,1-2H3. The molecule has 0 heterocycles. The normalized spacial score (nSPS) is 11.4. The van der Waals surface area contributed by atoms with Crippen molar-refractivity contribution in [2.45, 2.75) is 25.3 Å². The number of hydrogen-bond acceptors (Lipinski definition) is 4. The first kappa shape index (κ1) is 17.0. The fourth-order valence-electron chi connectivity index (χ4n) is 2.06. The zero-order chi connectivity index (χ0) is 17.2. The van der Waals surface area contributed by atoms with Crippen molar-refractivity contribution in [3.05, 3.63) is 69.0 Å². The highest BCUT2D eigenvalue weighted by atomic mass is 32.2. The molecule has 2 rings (SSSR count). The van der Waals surface area contributed by atoms with E-state index in [1.54, 1.807) is 13.8 Å². The number of nitro benzene ring substituents is 1. The molecule has 0 amide bonds. The van der Waals surface area contributed by atoms with Crippen molar-refractivity contribution in [2.75, 3.05) is 0 Å². The SMILES string of the molecule is Cc1cc(CNS(=O)(=O)c2cc([N+](=O)[O-])ccc2C)ccc1F. The van der Waals surface area contributed by atoms with Crippen LogP contribution >= 0.6 is 0 Å². The number of non-ortho nitro benzene ring substituents is 1. The largest absolute Gasteiger partial charge is 0.270 e. The third-order valence-corrected chi connectivity index (χ3v) is 4.90. The minimum absolute atomic E-state index is 0.0361. The van der Waals surface area contributed by atoms with Crippen LogP contribution in [0.4, 0.5) is 10.1 Å². The van der Waals surface area contributed by atoms with Gasteiger partial charge >= 0.3 is 0 Å². The molecular formula is C15H15FN2O4S. The van der Waals surface area contributed by atoms with Gasteiger partial charge in [-0.25, -0.2) is 17.5 Å². The minimum atomic E-state index is -3.92.